The van der Waals surface area contributed by atoms with Crippen molar-refractivity contribution in [3.8, 4) is 0 Å². The SMILES string of the molecule is C[Si](C)O[Si](C)O[Si](C)O[Si](C)C. The smallest absolute Gasteiger partial charge is 0.360 e. The van der Waals surface area contributed by atoms with E-state index in [0.717, 1.165) is 0 Å². The minimum absolute atomic E-state index is 0.618. The molecule has 0 aliphatic carbocycles. The normalized spacial score (nSPS) is 12.5. The molecule has 0 amide bonds. The van der Waals surface area contributed by atoms with Crippen LogP contribution in [0.1, 0.15) is 0 Å². The second-order valence-electron chi connectivity index (χ2n) is 3.11. The Morgan fingerprint density at radius 3 is 1.08 bits per heavy atom. The Bertz CT molecular complexity index is 119. The van der Waals surface area contributed by atoms with Crippen LogP contribution < -0.4 is 0 Å². The van der Waals surface area contributed by atoms with E-state index < -0.39 is 36.6 Å². The summed E-state index contributed by atoms with van der Waals surface area (Å²) in [7, 11) is -3.34. The molecule has 0 saturated heterocycles. The molecule has 0 fully saturated rings. The van der Waals surface area contributed by atoms with Gasteiger partial charge in [0.05, 0.1) is 0 Å². The molecular weight excluding hydrogens is 232 g/mol. The van der Waals surface area contributed by atoms with Gasteiger partial charge in [0, 0.05) is 0 Å². The van der Waals surface area contributed by atoms with Crippen molar-refractivity contribution < 1.29 is 12.3 Å². The molecule has 0 aromatic carbocycles. The molecule has 0 bridgehead atoms. The highest BCUT2D eigenvalue weighted by Crippen LogP contribution is 1.99. The van der Waals surface area contributed by atoms with Gasteiger partial charge in [-0.25, -0.2) is 0 Å². The predicted octanol–water partition coefficient (Wildman–Crippen LogP) is 1.77. The van der Waals surface area contributed by atoms with Crippen molar-refractivity contribution in [2.24, 2.45) is 0 Å². The van der Waals surface area contributed by atoms with Crippen molar-refractivity contribution >= 4 is 36.6 Å². The third-order valence-electron chi connectivity index (χ3n) is 0.983. The van der Waals surface area contributed by atoms with Crippen molar-refractivity contribution in [2.45, 2.75) is 39.3 Å². The molecule has 4 radical (unpaired) electrons. The number of rotatable bonds is 6. The standard InChI is InChI=1S/C6H18O3Si4/c1-10(2)7-12(5)9-13(6)8-11(3)4/h1-6H3. The van der Waals surface area contributed by atoms with Crippen molar-refractivity contribution in [3.63, 3.8) is 0 Å². The van der Waals surface area contributed by atoms with Crippen LogP contribution in [0.3, 0.4) is 0 Å². The van der Waals surface area contributed by atoms with E-state index in [-0.39, 0.29) is 0 Å². The van der Waals surface area contributed by atoms with Crippen molar-refractivity contribution in [1.82, 2.24) is 0 Å². The summed E-state index contributed by atoms with van der Waals surface area (Å²) >= 11 is 0. The van der Waals surface area contributed by atoms with Gasteiger partial charge in [0.1, 0.15) is 0 Å². The van der Waals surface area contributed by atoms with E-state index in [9.17, 15) is 0 Å². The Balaban J connectivity index is 3.58. The first-order valence-electron chi connectivity index (χ1n) is 4.22. The second kappa shape index (κ2) is 7.09. The van der Waals surface area contributed by atoms with E-state index in [1.54, 1.807) is 0 Å². The zero-order valence-corrected chi connectivity index (χ0v) is 13.2. The molecule has 76 valence electrons. The van der Waals surface area contributed by atoms with Crippen LogP contribution in [0, 0.1) is 0 Å². The molecule has 0 aliphatic rings. The second-order valence-corrected chi connectivity index (χ2v) is 11.2. The van der Waals surface area contributed by atoms with Crippen LogP contribution in [0.5, 0.6) is 0 Å². The highest BCUT2D eigenvalue weighted by Gasteiger charge is 2.19. The first-order valence-corrected chi connectivity index (χ1v) is 12.7. The Morgan fingerprint density at radius 1 is 0.538 bits per heavy atom. The van der Waals surface area contributed by atoms with Crippen LogP contribution in [0.15, 0.2) is 0 Å². The fraction of sp³-hybridized carbons (Fsp3) is 1.00. The van der Waals surface area contributed by atoms with Gasteiger partial charge in [-0.3, -0.25) is 0 Å². The first kappa shape index (κ1) is 13.7. The minimum atomic E-state index is -1.05. The monoisotopic (exact) mass is 250 g/mol. The largest absolute Gasteiger partial charge is 0.436 e. The zero-order valence-electron chi connectivity index (χ0n) is 9.22. The van der Waals surface area contributed by atoms with E-state index in [1.807, 2.05) is 13.1 Å². The Hall–Kier alpha value is 0.748. The van der Waals surface area contributed by atoms with Gasteiger partial charge in [0.15, 0.2) is 18.1 Å². The molecule has 0 atom stereocenters. The van der Waals surface area contributed by atoms with Gasteiger partial charge in [-0.05, 0) is 39.3 Å². The maximum absolute atomic E-state index is 5.68. The maximum Gasteiger partial charge on any atom is 0.360 e. The summed E-state index contributed by atoms with van der Waals surface area (Å²) in [5, 5.41) is 0. The lowest BCUT2D eigenvalue weighted by Crippen LogP contribution is -2.35. The van der Waals surface area contributed by atoms with E-state index in [1.165, 1.54) is 0 Å². The van der Waals surface area contributed by atoms with Gasteiger partial charge in [-0.15, -0.1) is 0 Å². The quantitative estimate of drug-likeness (QED) is 0.673. The summed E-state index contributed by atoms with van der Waals surface area (Å²) in [5.41, 5.74) is 0. The molecular formula is C6H18O3Si4. The van der Waals surface area contributed by atoms with E-state index in [4.69, 9.17) is 12.3 Å². The number of hydrogen-bond acceptors (Lipinski definition) is 3. The molecule has 3 nitrogen and oxygen atoms in total. The Morgan fingerprint density at radius 2 is 0.846 bits per heavy atom. The van der Waals surface area contributed by atoms with Gasteiger partial charge in [-0.1, -0.05) is 0 Å². The minimum Gasteiger partial charge on any atom is -0.436 e. The van der Waals surface area contributed by atoms with Crippen LogP contribution in [0.4, 0.5) is 0 Å². The first-order chi connectivity index (χ1) is 5.91. The van der Waals surface area contributed by atoms with Crippen LogP contribution in [-0.4, -0.2) is 36.6 Å². The third-order valence-corrected chi connectivity index (χ3v) is 8.85. The van der Waals surface area contributed by atoms with Gasteiger partial charge in [0.2, 0.25) is 0 Å². The lowest BCUT2D eigenvalue weighted by molar-refractivity contribution is 0.386. The summed E-state index contributed by atoms with van der Waals surface area (Å²) < 4.78 is 17.0. The summed E-state index contributed by atoms with van der Waals surface area (Å²) in [5.74, 6) is 0. The zero-order chi connectivity index (χ0) is 10.4. The summed E-state index contributed by atoms with van der Waals surface area (Å²) in [6, 6.07) is 0. The van der Waals surface area contributed by atoms with Crippen LogP contribution >= 0.6 is 0 Å². The summed E-state index contributed by atoms with van der Waals surface area (Å²) in [6.45, 7) is 12.6. The summed E-state index contributed by atoms with van der Waals surface area (Å²) in [6.07, 6.45) is 0. The van der Waals surface area contributed by atoms with Crippen LogP contribution in [0.2, 0.25) is 39.3 Å². The molecule has 0 saturated carbocycles. The van der Waals surface area contributed by atoms with Gasteiger partial charge in [0.25, 0.3) is 0 Å². The van der Waals surface area contributed by atoms with Gasteiger partial charge in [-0.2, -0.15) is 0 Å². The fourth-order valence-electron chi connectivity index (χ4n) is 0.819. The molecule has 0 heterocycles. The summed E-state index contributed by atoms with van der Waals surface area (Å²) in [4.78, 5) is 0. The Labute approximate surface area is 88.6 Å². The molecule has 0 spiro atoms. The molecule has 7 heteroatoms. The molecule has 0 aromatic heterocycles. The lowest BCUT2D eigenvalue weighted by Gasteiger charge is -2.18. The molecule has 0 rings (SSSR count). The molecule has 13 heavy (non-hydrogen) atoms. The average Bonchev–Trinajstić information content (AvgIpc) is 1.80. The highest BCUT2D eigenvalue weighted by molar-refractivity contribution is 6.68. The lowest BCUT2D eigenvalue weighted by atomic mass is 11.9. The van der Waals surface area contributed by atoms with Crippen molar-refractivity contribution in [1.29, 1.82) is 0 Å². The highest BCUT2D eigenvalue weighted by atomic mass is 28.4. The Kier molecular flexibility index (Phi) is 7.50. The molecule has 0 N–H and O–H groups in total. The van der Waals surface area contributed by atoms with E-state index in [2.05, 4.69) is 26.2 Å². The van der Waals surface area contributed by atoms with E-state index in [0.29, 0.717) is 0 Å². The molecule has 0 aromatic rings. The average molecular weight is 251 g/mol. The van der Waals surface area contributed by atoms with Crippen LogP contribution in [-0.2, 0) is 12.3 Å². The number of hydrogen-bond donors (Lipinski definition) is 0. The van der Waals surface area contributed by atoms with Crippen LogP contribution in [0.25, 0.3) is 0 Å². The van der Waals surface area contributed by atoms with Crippen molar-refractivity contribution in [3.05, 3.63) is 0 Å². The topological polar surface area (TPSA) is 27.7 Å². The van der Waals surface area contributed by atoms with Gasteiger partial charge >= 0.3 is 18.6 Å². The van der Waals surface area contributed by atoms with Crippen molar-refractivity contribution in [2.75, 3.05) is 0 Å². The third kappa shape index (κ3) is 9.06. The molecule has 0 aliphatic heterocycles. The maximum atomic E-state index is 5.68. The van der Waals surface area contributed by atoms with Gasteiger partial charge < -0.3 is 12.3 Å². The van der Waals surface area contributed by atoms with E-state index >= 15 is 0 Å². The fourth-order valence-corrected chi connectivity index (χ4v) is 8.12. The predicted molar refractivity (Wildman–Crippen MR) is 61.5 cm³/mol. The molecule has 0 unspecified atom stereocenters.